The maximum Gasteiger partial charge on any atom is 0.203 e. The monoisotopic (exact) mass is 447 g/mol. The molecule has 0 saturated heterocycles. The first-order valence-corrected chi connectivity index (χ1v) is 9.62. The molecule has 0 unspecified atom stereocenters. The number of nitrogens with one attached hydrogen (secondary N) is 1. The Bertz CT molecular complexity index is 959. The van der Waals surface area contributed by atoms with Crippen molar-refractivity contribution in [2.75, 3.05) is 26.8 Å². The minimum atomic E-state index is 0.674. The van der Waals surface area contributed by atoms with Gasteiger partial charge in [-0.2, -0.15) is 5.10 Å². The lowest BCUT2D eigenvalue weighted by molar-refractivity contribution is 0.395. The molecular weight excluding hydrogens is 430 g/mol. The predicted octanol–water partition coefficient (Wildman–Crippen LogP) is 5.04. The summed E-state index contributed by atoms with van der Waals surface area (Å²) in [5.74, 6) is 2.18. The molecule has 0 fully saturated rings. The van der Waals surface area contributed by atoms with Crippen LogP contribution in [0.5, 0.6) is 17.2 Å². The van der Waals surface area contributed by atoms with Crippen molar-refractivity contribution in [3.63, 3.8) is 0 Å². The number of anilines is 1. The highest BCUT2D eigenvalue weighted by Crippen LogP contribution is 2.34. The standard InChI is InChI=1S/C19H18BrN3O3S/c1-24-14-5-6-15(18(9-14)26-3)16-11-27-19(22-16)23-21-10-12-8-13(20)4-7-17(12)25-2/h4-11H,1-3H3,(H,22,23)/b21-10-. The van der Waals surface area contributed by atoms with E-state index >= 15 is 0 Å². The molecule has 0 bridgehead atoms. The van der Waals surface area contributed by atoms with Crippen molar-refractivity contribution in [2.24, 2.45) is 5.10 Å². The number of hydrogen-bond acceptors (Lipinski definition) is 7. The summed E-state index contributed by atoms with van der Waals surface area (Å²) < 4.78 is 17.0. The Hall–Kier alpha value is -2.58. The van der Waals surface area contributed by atoms with Crippen LogP contribution in [0.2, 0.25) is 0 Å². The molecule has 0 radical (unpaired) electrons. The molecule has 0 aliphatic carbocycles. The van der Waals surface area contributed by atoms with Crippen LogP contribution in [0.1, 0.15) is 5.56 Å². The molecule has 3 aromatic rings. The van der Waals surface area contributed by atoms with Crippen LogP contribution >= 0.6 is 27.3 Å². The molecule has 0 spiro atoms. The van der Waals surface area contributed by atoms with Gasteiger partial charge in [-0.25, -0.2) is 4.98 Å². The zero-order valence-corrected chi connectivity index (χ0v) is 17.4. The fourth-order valence-electron chi connectivity index (χ4n) is 2.42. The summed E-state index contributed by atoms with van der Waals surface area (Å²) in [6.45, 7) is 0. The molecule has 8 heteroatoms. The number of ether oxygens (including phenoxy) is 3. The molecule has 6 nitrogen and oxygen atoms in total. The van der Waals surface area contributed by atoms with E-state index in [0.29, 0.717) is 10.9 Å². The molecular formula is C19H18BrN3O3S. The van der Waals surface area contributed by atoms with Crippen molar-refractivity contribution < 1.29 is 14.2 Å². The fraction of sp³-hybridized carbons (Fsp3) is 0.158. The molecule has 2 aromatic carbocycles. The van der Waals surface area contributed by atoms with Crippen LogP contribution in [0.25, 0.3) is 11.3 Å². The van der Waals surface area contributed by atoms with Gasteiger partial charge in [0.1, 0.15) is 17.2 Å². The Kier molecular flexibility index (Phi) is 6.31. The molecule has 3 rings (SSSR count). The number of hydrazone groups is 1. The quantitative estimate of drug-likeness (QED) is 0.405. The number of halogens is 1. The van der Waals surface area contributed by atoms with E-state index in [0.717, 1.165) is 32.8 Å². The zero-order valence-electron chi connectivity index (χ0n) is 15.0. The first-order chi connectivity index (χ1) is 13.1. The molecule has 0 aliphatic heterocycles. The van der Waals surface area contributed by atoms with Gasteiger partial charge in [0, 0.05) is 27.0 Å². The van der Waals surface area contributed by atoms with Crippen LogP contribution in [0, 0.1) is 0 Å². The van der Waals surface area contributed by atoms with Crippen molar-refractivity contribution >= 4 is 38.6 Å². The number of rotatable bonds is 7. The highest BCUT2D eigenvalue weighted by molar-refractivity contribution is 9.10. The van der Waals surface area contributed by atoms with Gasteiger partial charge in [-0.3, -0.25) is 5.43 Å². The van der Waals surface area contributed by atoms with E-state index in [9.17, 15) is 0 Å². The van der Waals surface area contributed by atoms with Gasteiger partial charge in [-0.05, 0) is 30.3 Å². The first kappa shape index (κ1) is 19.2. The molecule has 1 aromatic heterocycles. The number of hydrogen-bond donors (Lipinski definition) is 1. The van der Waals surface area contributed by atoms with Crippen molar-refractivity contribution in [2.45, 2.75) is 0 Å². The number of nitrogens with zero attached hydrogens (tertiary/aromatic N) is 2. The lowest BCUT2D eigenvalue weighted by Gasteiger charge is -2.08. The fourth-order valence-corrected chi connectivity index (χ4v) is 3.46. The molecule has 1 heterocycles. The van der Waals surface area contributed by atoms with Gasteiger partial charge in [0.05, 0.1) is 33.2 Å². The molecule has 0 atom stereocenters. The Balaban J connectivity index is 1.76. The predicted molar refractivity (Wildman–Crippen MR) is 113 cm³/mol. The Morgan fingerprint density at radius 3 is 2.59 bits per heavy atom. The maximum atomic E-state index is 5.44. The largest absolute Gasteiger partial charge is 0.497 e. The van der Waals surface area contributed by atoms with Crippen LogP contribution < -0.4 is 19.6 Å². The number of aromatic nitrogens is 1. The third kappa shape index (κ3) is 4.58. The van der Waals surface area contributed by atoms with Crippen LogP contribution in [0.4, 0.5) is 5.13 Å². The summed E-state index contributed by atoms with van der Waals surface area (Å²) in [6, 6.07) is 11.4. The third-order valence-electron chi connectivity index (χ3n) is 3.74. The van der Waals surface area contributed by atoms with Gasteiger partial charge in [0.15, 0.2) is 0 Å². The molecule has 1 N–H and O–H groups in total. The molecule has 27 heavy (non-hydrogen) atoms. The average molecular weight is 448 g/mol. The van der Waals surface area contributed by atoms with E-state index in [1.165, 1.54) is 11.3 Å². The second-order valence-electron chi connectivity index (χ2n) is 5.36. The second kappa shape index (κ2) is 8.88. The van der Waals surface area contributed by atoms with Crippen molar-refractivity contribution in [1.29, 1.82) is 0 Å². The summed E-state index contributed by atoms with van der Waals surface area (Å²) in [4.78, 5) is 4.57. The van der Waals surface area contributed by atoms with Crippen LogP contribution in [0.15, 0.2) is 51.4 Å². The molecule has 0 amide bonds. The summed E-state index contributed by atoms with van der Waals surface area (Å²) in [5, 5.41) is 6.88. The van der Waals surface area contributed by atoms with Gasteiger partial charge in [-0.1, -0.05) is 15.9 Å². The minimum absolute atomic E-state index is 0.674. The van der Waals surface area contributed by atoms with E-state index in [4.69, 9.17) is 14.2 Å². The van der Waals surface area contributed by atoms with Crippen LogP contribution in [-0.4, -0.2) is 32.5 Å². The van der Waals surface area contributed by atoms with Gasteiger partial charge in [-0.15, -0.1) is 11.3 Å². The third-order valence-corrected chi connectivity index (χ3v) is 4.98. The van der Waals surface area contributed by atoms with Gasteiger partial charge in [0.2, 0.25) is 5.13 Å². The van der Waals surface area contributed by atoms with E-state index in [1.807, 2.05) is 41.8 Å². The normalized spacial score (nSPS) is 10.8. The van der Waals surface area contributed by atoms with Crippen molar-refractivity contribution in [1.82, 2.24) is 4.98 Å². The van der Waals surface area contributed by atoms with E-state index in [2.05, 4.69) is 31.4 Å². The maximum absolute atomic E-state index is 5.44. The lowest BCUT2D eigenvalue weighted by Crippen LogP contribution is -1.94. The second-order valence-corrected chi connectivity index (χ2v) is 7.13. The van der Waals surface area contributed by atoms with Crippen LogP contribution in [0.3, 0.4) is 0 Å². The topological polar surface area (TPSA) is 65.0 Å². The number of thiazole rings is 1. The summed E-state index contributed by atoms with van der Waals surface area (Å²) >= 11 is 4.91. The van der Waals surface area contributed by atoms with Crippen molar-refractivity contribution in [3.8, 4) is 28.5 Å². The number of methoxy groups -OCH3 is 3. The summed E-state index contributed by atoms with van der Waals surface area (Å²) in [7, 11) is 4.88. The van der Waals surface area contributed by atoms with Gasteiger partial charge in [0.25, 0.3) is 0 Å². The molecule has 0 aliphatic rings. The van der Waals surface area contributed by atoms with E-state index < -0.39 is 0 Å². The zero-order chi connectivity index (χ0) is 19.2. The minimum Gasteiger partial charge on any atom is -0.497 e. The van der Waals surface area contributed by atoms with Crippen LogP contribution in [-0.2, 0) is 0 Å². The van der Waals surface area contributed by atoms with Gasteiger partial charge < -0.3 is 14.2 Å². The average Bonchev–Trinajstić information content (AvgIpc) is 3.16. The summed E-state index contributed by atoms with van der Waals surface area (Å²) in [6.07, 6.45) is 1.69. The lowest BCUT2D eigenvalue weighted by atomic mass is 10.1. The summed E-state index contributed by atoms with van der Waals surface area (Å²) in [5.41, 5.74) is 5.50. The SMILES string of the molecule is COc1ccc(-c2csc(N/N=C\c3cc(Br)ccc3OC)n2)c(OC)c1. The van der Waals surface area contributed by atoms with Crippen molar-refractivity contribution in [3.05, 3.63) is 51.8 Å². The molecule has 0 saturated carbocycles. The highest BCUT2D eigenvalue weighted by Gasteiger charge is 2.11. The van der Waals surface area contributed by atoms with E-state index in [1.54, 1.807) is 27.5 Å². The molecule has 140 valence electrons. The smallest absolute Gasteiger partial charge is 0.203 e. The Morgan fingerprint density at radius 1 is 1.04 bits per heavy atom. The Labute approximate surface area is 169 Å². The highest BCUT2D eigenvalue weighted by atomic mass is 79.9. The first-order valence-electron chi connectivity index (χ1n) is 7.95. The Morgan fingerprint density at radius 2 is 1.85 bits per heavy atom. The number of benzene rings is 2. The van der Waals surface area contributed by atoms with E-state index in [-0.39, 0.29) is 0 Å². The van der Waals surface area contributed by atoms with Gasteiger partial charge >= 0.3 is 0 Å².